The van der Waals surface area contributed by atoms with Crippen molar-refractivity contribution >= 4 is 69.8 Å². The largest absolute Gasteiger partial charge is 0.871 e. The van der Waals surface area contributed by atoms with E-state index in [0.29, 0.717) is 29.9 Å². The molecule has 0 bridgehead atoms. The quantitative estimate of drug-likeness (QED) is 0.587. The zero-order valence-electron chi connectivity index (χ0n) is 9.02. The van der Waals surface area contributed by atoms with Gasteiger partial charge in [0.25, 0.3) is 0 Å². The van der Waals surface area contributed by atoms with Gasteiger partial charge in [0.1, 0.15) is 0 Å². The monoisotopic (exact) mass is 371 g/mol. The molecule has 0 unspecified atom stereocenters. The van der Waals surface area contributed by atoms with E-state index >= 15 is 0 Å². The highest BCUT2D eigenvalue weighted by Crippen LogP contribution is 2.44. The minimum atomic E-state index is -0.316. The van der Waals surface area contributed by atoms with Crippen LogP contribution in [0.3, 0.4) is 0 Å². The highest BCUT2D eigenvalue weighted by molar-refractivity contribution is 7.99. The molecular formula is C12H4Cl5OS-. The number of rotatable bonds is 2. The van der Waals surface area contributed by atoms with Crippen LogP contribution in [0.25, 0.3) is 0 Å². The third-order valence-corrected chi connectivity index (χ3v) is 4.85. The summed E-state index contributed by atoms with van der Waals surface area (Å²) in [5.74, 6) is -0.316. The molecule has 2 rings (SSSR count). The summed E-state index contributed by atoms with van der Waals surface area (Å²) in [6.07, 6.45) is 0. The maximum Gasteiger partial charge on any atom is 0.0732 e. The Balaban J connectivity index is 2.47. The first-order valence-corrected chi connectivity index (χ1v) is 7.57. The Morgan fingerprint density at radius 1 is 0.737 bits per heavy atom. The van der Waals surface area contributed by atoms with E-state index in [-0.39, 0.29) is 10.8 Å². The van der Waals surface area contributed by atoms with E-state index in [4.69, 9.17) is 58.0 Å². The van der Waals surface area contributed by atoms with Crippen molar-refractivity contribution in [3.8, 4) is 5.75 Å². The van der Waals surface area contributed by atoms with E-state index in [1.165, 1.54) is 18.2 Å². The average molecular weight is 373 g/mol. The van der Waals surface area contributed by atoms with Gasteiger partial charge in [-0.1, -0.05) is 75.5 Å². The van der Waals surface area contributed by atoms with E-state index in [9.17, 15) is 5.11 Å². The van der Waals surface area contributed by atoms with Gasteiger partial charge in [0.2, 0.25) is 0 Å². The van der Waals surface area contributed by atoms with Crippen molar-refractivity contribution in [1.29, 1.82) is 0 Å². The Hall–Kier alpha value is 0.0400. The standard InChI is InChI=1S/C12H5Cl5OS/c13-5-1-7(15)11(17)9(3-5)19-10-4-6(14)2-8(16)12(10)18/h1-4,18H/p-1. The highest BCUT2D eigenvalue weighted by atomic mass is 35.5. The third kappa shape index (κ3) is 3.57. The smallest absolute Gasteiger partial charge is 0.0732 e. The molecule has 0 saturated carbocycles. The molecule has 0 aliphatic carbocycles. The zero-order valence-corrected chi connectivity index (χ0v) is 13.6. The summed E-state index contributed by atoms with van der Waals surface area (Å²) in [5, 5.41) is 13.4. The van der Waals surface area contributed by atoms with Gasteiger partial charge >= 0.3 is 0 Å². The van der Waals surface area contributed by atoms with Gasteiger partial charge in [0.15, 0.2) is 0 Å². The molecule has 19 heavy (non-hydrogen) atoms. The second-order valence-electron chi connectivity index (χ2n) is 3.52. The molecule has 0 radical (unpaired) electrons. The van der Waals surface area contributed by atoms with E-state index in [1.807, 2.05) is 0 Å². The Kier molecular flexibility index (Phi) is 5.04. The van der Waals surface area contributed by atoms with Crippen molar-refractivity contribution in [1.82, 2.24) is 0 Å². The first-order chi connectivity index (χ1) is 8.88. The SMILES string of the molecule is [O-]c1c(Cl)cc(Cl)cc1Sc1cc(Cl)cc(Cl)c1Cl. The molecular weight excluding hydrogens is 369 g/mol. The fourth-order valence-electron chi connectivity index (χ4n) is 1.34. The summed E-state index contributed by atoms with van der Waals surface area (Å²) < 4.78 is 0. The van der Waals surface area contributed by atoms with Crippen LogP contribution in [0, 0.1) is 0 Å². The number of hydrogen-bond acceptors (Lipinski definition) is 2. The maximum absolute atomic E-state index is 11.9. The van der Waals surface area contributed by atoms with Crippen LogP contribution >= 0.6 is 69.8 Å². The number of halogens is 5. The van der Waals surface area contributed by atoms with E-state index < -0.39 is 0 Å². The Labute approximate surface area is 139 Å². The van der Waals surface area contributed by atoms with Gasteiger partial charge in [-0.25, -0.2) is 0 Å². The van der Waals surface area contributed by atoms with Gasteiger partial charge in [0.05, 0.1) is 10.0 Å². The summed E-state index contributed by atoms with van der Waals surface area (Å²) in [7, 11) is 0. The summed E-state index contributed by atoms with van der Waals surface area (Å²) in [5.41, 5.74) is 0. The van der Waals surface area contributed by atoms with Crippen LogP contribution in [0.5, 0.6) is 5.75 Å². The summed E-state index contributed by atoms with van der Waals surface area (Å²) >= 11 is 30.7. The molecule has 0 fully saturated rings. The molecule has 0 atom stereocenters. The van der Waals surface area contributed by atoms with Crippen molar-refractivity contribution < 1.29 is 5.11 Å². The van der Waals surface area contributed by atoms with Crippen LogP contribution in [-0.2, 0) is 0 Å². The molecule has 2 aromatic rings. The lowest BCUT2D eigenvalue weighted by Gasteiger charge is -2.16. The molecule has 1 nitrogen and oxygen atoms in total. The lowest BCUT2D eigenvalue weighted by Crippen LogP contribution is -1.94. The van der Waals surface area contributed by atoms with Crippen molar-refractivity contribution in [2.75, 3.05) is 0 Å². The zero-order chi connectivity index (χ0) is 14.2. The maximum atomic E-state index is 11.9. The summed E-state index contributed by atoms with van der Waals surface area (Å²) in [6, 6.07) is 6.06. The van der Waals surface area contributed by atoms with Crippen LogP contribution in [0.4, 0.5) is 0 Å². The molecule has 0 saturated heterocycles. The lowest BCUT2D eigenvalue weighted by molar-refractivity contribution is -0.272. The second-order valence-corrected chi connectivity index (χ2v) is 6.67. The van der Waals surface area contributed by atoms with Gasteiger partial charge in [-0.05, 0) is 24.3 Å². The minimum absolute atomic E-state index is 0.0549. The fraction of sp³-hybridized carbons (Fsp3) is 0. The molecule has 0 amide bonds. The topological polar surface area (TPSA) is 23.1 Å². The van der Waals surface area contributed by atoms with Crippen LogP contribution in [-0.4, -0.2) is 0 Å². The molecule has 2 aromatic carbocycles. The normalized spacial score (nSPS) is 10.8. The molecule has 100 valence electrons. The fourth-order valence-corrected chi connectivity index (χ4v) is 3.80. The summed E-state index contributed by atoms with van der Waals surface area (Å²) in [6.45, 7) is 0. The number of hydrogen-bond donors (Lipinski definition) is 0. The summed E-state index contributed by atoms with van der Waals surface area (Å²) in [4.78, 5) is 0.923. The first-order valence-electron chi connectivity index (χ1n) is 4.87. The Morgan fingerprint density at radius 3 is 1.89 bits per heavy atom. The molecule has 0 aromatic heterocycles. The van der Waals surface area contributed by atoms with Gasteiger partial charge in [-0.15, -0.1) is 0 Å². The number of benzene rings is 2. The predicted molar refractivity (Wildman–Crippen MR) is 81.5 cm³/mol. The van der Waals surface area contributed by atoms with Crippen LogP contribution in [0.2, 0.25) is 25.1 Å². The second kappa shape index (κ2) is 6.21. The Bertz CT molecular complexity index is 589. The minimum Gasteiger partial charge on any atom is -0.871 e. The van der Waals surface area contributed by atoms with Gasteiger partial charge in [-0.3, -0.25) is 0 Å². The third-order valence-electron chi connectivity index (χ3n) is 2.15. The van der Waals surface area contributed by atoms with E-state index in [2.05, 4.69) is 0 Å². The van der Waals surface area contributed by atoms with Crippen molar-refractivity contribution in [2.24, 2.45) is 0 Å². The van der Waals surface area contributed by atoms with Gasteiger partial charge < -0.3 is 5.11 Å². The molecule has 7 heteroatoms. The van der Waals surface area contributed by atoms with Crippen LogP contribution < -0.4 is 5.11 Å². The molecule has 0 aliphatic rings. The molecule has 0 aliphatic heterocycles. The highest BCUT2D eigenvalue weighted by Gasteiger charge is 2.10. The lowest BCUT2D eigenvalue weighted by atomic mass is 10.3. The molecule has 0 heterocycles. The van der Waals surface area contributed by atoms with Gasteiger partial charge in [-0.2, -0.15) is 0 Å². The van der Waals surface area contributed by atoms with Crippen LogP contribution in [0.15, 0.2) is 34.1 Å². The van der Waals surface area contributed by atoms with Crippen molar-refractivity contribution in [2.45, 2.75) is 9.79 Å². The van der Waals surface area contributed by atoms with Crippen LogP contribution in [0.1, 0.15) is 0 Å². The van der Waals surface area contributed by atoms with E-state index in [1.54, 1.807) is 6.07 Å². The van der Waals surface area contributed by atoms with Crippen molar-refractivity contribution in [3.63, 3.8) is 0 Å². The van der Waals surface area contributed by atoms with Gasteiger partial charge in [0, 0.05) is 24.9 Å². The molecule has 0 spiro atoms. The van der Waals surface area contributed by atoms with E-state index in [0.717, 1.165) is 11.8 Å². The predicted octanol–water partition coefficient (Wildman–Crippen LogP) is 6.18. The van der Waals surface area contributed by atoms with Crippen molar-refractivity contribution in [3.05, 3.63) is 49.4 Å². The first kappa shape index (κ1) is 15.4. The molecule has 0 N–H and O–H groups in total. The Morgan fingerprint density at radius 2 is 1.26 bits per heavy atom. The average Bonchev–Trinajstić information content (AvgIpc) is 2.31.